The summed E-state index contributed by atoms with van der Waals surface area (Å²) in [5.41, 5.74) is 3.70. The van der Waals surface area contributed by atoms with Crippen LogP contribution >= 0.6 is 0 Å². The Labute approximate surface area is 108 Å². The van der Waals surface area contributed by atoms with Crippen LogP contribution in [0.2, 0.25) is 0 Å². The summed E-state index contributed by atoms with van der Waals surface area (Å²) in [5.74, 6) is 8.08. The van der Waals surface area contributed by atoms with Crippen molar-refractivity contribution in [1.29, 1.82) is 0 Å². The molecule has 2 heterocycles. The minimum absolute atomic E-state index is 0.401. The van der Waals surface area contributed by atoms with Gasteiger partial charge in [0.15, 0.2) is 0 Å². The molecular formula is C13H22N4O. The average molecular weight is 250 g/mol. The first kappa shape index (κ1) is 13.2. The van der Waals surface area contributed by atoms with Gasteiger partial charge in [-0.3, -0.25) is 0 Å². The Hall–Kier alpha value is -1.20. The number of hydrogen-bond donors (Lipinski definition) is 2. The van der Waals surface area contributed by atoms with Gasteiger partial charge in [-0.2, -0.15) is 0 Å². The monoisotopic (exact) mass is 250 g/mol. The fraction of sp³-hybridized carbons (Fsp3) is 0.692. The maximum atomic E-state index is 5.48. The number of nitrogens with zero attached hydrogens (tertiary/aromatic N) is 2. The van der Waals surface area contributed by atoms with Gasteiger partial charge in [-0.25, -0.2) is 15.8 Å². The highest BCUT2D eigenvalue weighted by atomic mass is 16.5. The highest BCUT2D eigenvalue weighted by molar-refractivity contribution is 5.35. The van der Waals surface area contributed by atoms with Gasteiger partial charge in [-0.05, 0) is 25.2 Å². The lowest BCUT2D eigenvalue weighted by Gasteiger charge is -2.21. The van der Waals surface area contributed by atoms with E-state index in [0.29, 0.717) is 17.7 Å². The molecule has 18 heavy (non-hydrogen) atoms. The number of hydrazine groups is 1. The molecule has 0 radical (unpaired) electrons. The van der Waals surface area contributed by atoms with Gasteiger partial charge < -0.3 is 10.2 Å². The fourth-order valence-corrected chi connectivity index (χ4v) is 2.25. The van der Waals surface area contributed by atoms with Gasteiger partial charge in [0.2, 0.25) is 0 Å². The summed E-state index contributed by atoms with van der Waals surface area (Å²) in [7, 11) is 0. The van der Waals surface area contributed by atoms with Gasteiger partial charge in [0.05, 0.1) is 0 Å². The van der Waals surface area contributed by atoms with Crippen molar-refractivity contribution in [3.05, 3.63) is 17.6 Å². The number of nitrogen functional groups attached to an aromatic ring is 1. The highest BCUT2D eigenvalue weighted by Crippen LogP contribution is 2.25. The van der Waals surface area contributed by atoms with Gasteiger partial charge >= 0.3 is 0 Å². The normalized spacial score (nSPS) is 17.1. The van der Waals surface area contributed by atoms with Gasteiger partial charge in [0.1, 0.15) is 11.6 Å². The number of anilines is 1. The molecular weight excluding hydrogens is 228 g/mol. The summed E-state index contributed by atoms with van der Waals surface area (Å²) < 4.78 is 5.38. The average Bonchev–Trinajstić information content (AvgIpc) is 2.38. The van der Waals surface area contributed by atoms with Crippen molar-refractivity contribution in [3.8, 4) is 0 Å². The molecule has 3 N–H and O–H groups in total. The molecule has 2 rings (SSSR count). The second-order valence-electron chi connectivity index (χ2n) is 5.23. The summed E-state index contributed by atoms with van der Waals surface area (Å²) in [6.07, 6.45) is 2.94. The lowest BCUT2D eigenvalue weighted by molar-refractivity contribution is 0.0835. The third-order valence-corrected chi connectivity index (χ3v) is 3.15. The molecule has 100 valence electrons. The van der Waals surface area contributed by atoms with E-state index in [2.05, 4.69) is 29.2 Å². The van der Waals surface area contributed by atoms with Crippen LogP contribution in [0.4, 0.5) is 5.82 Å². The Bertz CT molecular complexity index is 389. The standard InChI is InChI=1S/C13H22N4O/c1-9(2)7-11-8-12(17-14)16-13(15-11)10-3-5-18-6-4-10/h8-10H,3-7,14H2,1-2H3,(H,15,16,17). The Kier molecular flexibility index (Phi) is 4.49. The summed E-state index contributed by atoms with van der Waals surface area (Å²) >= 11 is 0. The second kappa shape index (κ2) is 6.11. The Morgan fingerprint density at radius 1 is 1.39 bits per heavy atom. The fourth-order valence-electron chi connectivity index (χ4n) is 2.25. The zero-order chi connectivity index (χ0) is 13.0. The Morgan fingerprint density at radius 2 is 2.11 bits per heavy atom. The van der Waals surface area contributed by atoms with E-state index in [1.807, 2.05) is 6.07 Å². The first-order valence-electron chi connectivity index (χ1n) is 6.61. The lowest BCUT2D eigenvalue weighted by Crippen LogP contribution is -2.19. The van der Waals surface area contributed by atoms with Gasteiger partial charge in [0.25, 0.3) is 0 Å². The molecule has 5 heteroatoms. The minimum atomic E-state index is 0.401. The quantitative estimate of drug-likeness (QED) is 0.630. The van der Waals surface area contributed by atoms with Crippen molar-refractivity contribution in [2.75, 3.05) is 18.6 Å². The van der Waals surface area contributed by atoms with E-state index < -0.39 is 0 Å². The molecule has 0 atom stereocenters. The SMILES string of the molecule is CC(C)Cc1cc(NN)nc(C2CCOCC2)n1. The third kappa shape index (κ3) is 3.40. The molecule has 0 aromatic carbocycles. The summed E-state index contributed by atoms with van der Waals surface area (Å²) in [5, 5.41) is 0. The van der Waals surface area contributed by atoms with E-state index >= 15 is 0 Å². The van der Waals surface area contributed by atoms with Crippen LogP contribution in [0.3, 0.4) is 0 Å². The molecule has 0 unspecified atom stereocenters. The summed E-state index contributed by atoms with van der Waals surface area (Å²) in [4.78, 5) is 9.16. The van der Waals surface area contributed by atoms with Crippen LogP contribution in [0.1, 0.15) is 44.1 Å². The maximum absolute atomic E-state index is 5.48. The van der Waals surface area contributed by atoms with Crippen LogP contribution < -0.4 is 11.3 Å². The van der Waals surface area contributed by atoms with Crippen molar-refractivity contribution in [1.82, 2.24) is 9.97 Å². The minimum Gasteiger partial charge on any atom is -0.381 e. The highest BCUT2D eigenvalue weighted by Gasteiger charge is 2.20. The molecule has 0 spiro atoms. The smallest absolute Gasteiger partial charge is 0.143 e. The molecule has 1 aromatic heterocycles. The topological polar surface area (TPSA) is 73.1 Å². The van der Waals surface area contributed by atoms with E-state index in [9.17, 15) is 0 Å². The van der Waals surface area contributed by atoms with E-state index in [4.69, 9.17) is 10.6 Å². The Morgan fingerprint density at radius 3 is 2.72 bits per heavy atom. The Balaban J connectivity index is 2.22. The number of nitrogens with one attached hydrogen (secondary N) is 1. The maximum Gasteiger partial charge on any atom is 0.143 e. The van der Waals surface area contributed by atoms with Crippen LogP contribution in [-0.2, 0) is 11.2 Å². The van der Waals surface area contributed by atoms with Gasteiger partial charge in [-0.15, -0.1) is 0 Å². The van der Waals surface area contributed by atoms with Crippen LogP contribution in [0.25, 0.3) is 0 Å². The summed E-state index contributed by atoms with van der Waals surface area (Å²) in [6, 6.07) is 1.93. The number of ether oxygens (including phenoxy) is 1. The molecule has 1 fully saturated rings. The summed E-state index contributed by atoms with van der Waals surface area (Å²) in [6.45, 7) is 5.97. The first-order valence-corrected chi connectivity index (χ1v) is 6.61. The third-order valence-electron chi connectivity index (χ3n) is 3.15. The van der Waals surface area contributed by atoms with Crippen LogP contribution in [0.15, 0.2) is 6.07 Å². The van der Waals surface area contributed by atoms with E-state index in [1.54, 1.807) is 0 Å². The number of rotatable bonds is 4. The zero-order valence-electron chi connectivity index (χ0n) is 11.1. The van der Waals surface area contributed by atoms with Crippen molar-refractivity contribution in [3.63, 3.8) is 0 Å². The predicted octanol–water partition coefficient (Wildman–Crippen LogP) is 1.85. The number of nitrogens with two attached hydrogens (primary N) is 1. The van der Waals surface area contributed by atoms with E-state index in [1.165, 1.54) is 0 Å². The predicted molar refractivity (Wildman–Crippen MR) is 71.2 cm³/mol. The van der Waals surface area contributed by atoms with Crippen molar-refractivity contribution in [2.45, 2.75) is 39.0 Å². The number of aromatic nitrogens is 2. The van der Waals surface area contributed by atoms with Crippen LogP contribution in [0.5, 0.6) is 0 Å². The lowest BCUT2D eigenvalue weighted by atomic mass is 9.99. The van der Waals surface area contributed by atoms with Crippen LogP contribution in [0, 0.1) is 5.92 Å². The molecule has 0 saturated carbocycles. The largest absolute Gasteiger partial charge is 0.381 e. The van der Waals surface area contributed by atoms with Crippen LogP contribution in [-0.4, -0.2) is 23.2 Å². The molecule has 0 bridgehead atoms. The number of hydrogen-bond acceptors (Lipinski definition) is 5. The molecule has 1 aliphatic rings. The van der Waals surface area contributed by atoms with Gasteiger partial charge in [-0.1, -0.05) is 13.8 Å². The molecule has 0 aliphatic carbocycles. The first-order chi connectivity index (χ1) is 8.69. The van der Waals surface area contributed by atoms with Gasteiger partial charge in [0, 0.05) is 30.9 Å². The van der Waals surface area contributed by atoms with E-state index in [0.717, 1.165) is 44.0 Å². The molecule has 1 aliphatic heterocycles. The molecule has 1 aromatic rings. The molecule has 5 nitrogen and oxygen atoms in total. The van der Waals surface area contributed by atoms with E-state index in [-0.39, 0.29) is 0 Å². The van der Waals surface area contributed by atoms with Crippen molar-refractivity contribution < 1.29 is 4.74 Å². The zero-order valence-corrected chi connectivity index (χ0v) is 11.1. The van der Waals surface area contributed by atoms with Crippen molar-refractivity contribution >= 4 is 5.82 Å². The molecule has 1 saturated heterocycles. The second-order valence-corrected chi connectivity index (χ2v) is 5.23. The molecule has 0 amide bonds. The van der Waals surface area contributed by atoms with Crippen molar-refractivity contribution in [2.24, 2.45) is 11.8 Å².